The summed E-state index contributed by atoms with van der Waals surface area (Å²) in [6, 6.07) is 8.60. The van der Waals surface area contributed by atoms with E-state index >= 15 is 0 Å². The van der Waals surface area contributed by atoms with Crippen LogP contribution in [0.1, 0.15) is 39.7 Å². The van der Waals surface area contributed by atoms with Crippen molar-refractivity contribution >= 4 is 0 Å². The van der Waals surface area contributed by atoms with Crippen molar-refractivity contribution in [3.05, 3.63) is 29.8 Å². The molecule has 3 nitrogen and oxygen atoms in total. The maximum atomic E-state index is 6.11. The topological polar surface area (TPSA) is 30.5 Å². The van der Waals surface area contributed by atoms with Crippen LogP contribution in [0.25, 0.3) is 0 Å². The molecule has 112 valence electrons. The van der Waals surface area contributed by atoms with Crippen LogP contribution in [0.3, 0.4) is 0 Å². The molecule has 1 aliphatic heterocycles. The van der Waals surface area contributed by atoms with Gasteiger partial charge >= 0.3 is 0 Å². The lowest BCUT2D eigenvalue weighted by molar-refractivity contribution is -0.0697. The molecule has 2 rings (SSSR count). The van der Waals surface area contributed by atoms with E-state index in [1.54, 1.807) is 7.11 Å². The number of methoxy groups -OCH3 is 1. The lowest BCUT2D eigenvalue weighted by Gasteiger charge is -2.28. The van der Waals surface area contributed by atoms with Crippen LogP contribution in [-0.4, -0.2) is 30.9 Å². The van der Waals surface area contributed by atoms with E-state index in [0.29, 0.717) is 6.04 Å². The van der Waals surface area contributed by atoms with Gasteiger partial charge in [0, 0.05) is 6.04 Å². The minimum absolute atomic E-state index is 0.0361. The van der Waals surface area contributed by atoms with E-state index in [4.69, 9.17) is 9.47 Å². The Labute approximate surface area is 122 Å². The van der Waals surface area contributed by atoms with Crippen molar-refractivity contribution in [3.8, 4) is 5.75 Å². The molecule has 1 saturated heterocycles. The van der Waals surface area contributed by atoms with E-state index in [2.05, 4.69) is 45.1 Å². The van der Waals surface area contributed by atoms with Gasteiger partial charge in [-0.1, -0.05) is 18.2 Å². The largest absolute Gasteiger partial charge is 0.496 e. The van der Waals surface area contributed by atoms with Crippen LogP contribution >= 0.6 is 0 Å². The Kier molecular flexibility index (Phi) is 4.40. The molecular weight excluding hydrogens is 250 g/mol. The molecule has 1 aromatic rings. The highest BCUT2D eigenvalue weighted by Gasteiger charge is 2.45. The number of hydrogen-bond donors (Lipinski definition) is 1. The van der Waals surface area contributed by atoms with Gasteiger partial charge in [-0.25, -0.2) is 0 Å². The molecule has 1 unspecified atom stereocenters. The van der Waals surface area contributed by atoms with Crippen LogP contribution < -0.4 is 10.1 Å². The first-order chi connectivity index (χ1) is 9.34. The first-order valence-corrected chi connectivity index (χ1v) is 7.39. The zero-order valence-electron chi connectivity index (χ0n) is 13.3. The third kappa shape index (κ3) is 3.53. The zero-order chi connectivity index (χ0) is 14.8. The molecule has 3 heteroatoms. The Balaban J connectivity index is 1.90. The lowest BCUT2D eigenvalue weighted by Crippen LogP contribution is -2.44. The normalized spacial score (nSPS) is 23.8. The summed E-state index contributed by atoms with van der Waals surface area (Å²) in [5, 5.41) is 3.65. The molecule has 0 radical (unpaired) electrons. The van der Waals surface area contributed by atoms with Gasteiger partial charge in [0.05, 0.1) is 18.3 Å². The summed E-state index contributed by atoms with van der Waals surface area (Å²) in [4.78, 5) is 0. The van der Waals surface area contributed by atoms with Crippen molar-refractivity contribution in [1.29, 1.82) is 0 Å². The van der Waals surface area contributed by atoms with Gasteiger partial charge in [0.25, 0.3) is 0 Å². The van der Waals surface area contributed by atoms with Gasteiger partial charge in [-0.15, -0.1) is 0 Å². The molecule has 1 atom stereocenters. The van der Waals surface area contributed by atoms with Crippen LogP contribution in [0.4, 0.5) is 0 Å². The van der Waals surface area contributed by atoms with Crippen LogP contribution in [-0.2, 0) is 11.2 Å². The number of ether oxygens (including phenoxy) is 2. The lowest BCUT2D eigenvalue weighted by atomic mass is 9.94. The van der Waals surface area contributed by atoms with Crippen LogP contribution in [0.5, 0.6) is 5.75 Å². The summed E-state index contributed by atoms with van der Waals surface area (Å²) in [7, 11) is 1.72. The third-order valence-corrected chi connectivity index (χ3v) is 4.05. The monoisotopic (exact) mass is 277 g/mol. The first kappa shape index (κ1) is 15.3. The van der Waals surface area contributed by atoms with E-state index in [1.165, 1.54) is 5.56 Å². The number of nitrogens with one attached hydrogen (secondary N) is 1. The summed E-state index contributed by atoms with van der Waals surface area (Å²) in [5.74, 6) is 0.969. The van der Waals surface area contributed by atoms with Gasteiger partial charge in [0.1, 0.15) is 5.75 Å². The summed E-state index contributed by atoms with van der Waals surface area (Å²) in [6.45, 7) is 9.60. The van der Waals surface area contributed by atoms with Crippen molar-refractivity contribution in [3.63, 3.8) is 0 Å². The predicted octanol–water partition coefficient (Wildman–Crippen LogP) is 3.17. The predicted molar refractivity (Wildman–Crippen MR) is 82.3 cm³/mol. The molecule has 1 heterocycles. The standard InChI is InChI=1S/C17H27NO2/c1-16(2)12-15(17(3,4)20-16)18-11-10-13-8-6-7-9-14(13)19-5/h6-9,15,18H,10-12H2,1-5H3. The molecule has 1 fully saturated rings. The van der Waals surface area contributed by atoms with E-state index in [9.17, 15) is 0 Å². The Morgan fingerprint density at radius 2 is 1.95 bits per heavy atom. The molecule has 0 aromatic heterocycles. The summed E-state index contributed by atoms with van der Waals surface area (Å²) < 4.78 is 11.5. The summed E-state index contributed by atoms with van der Waals surface area (Å²) in [6.07, 6.45) is 2.02. The number of rotatable bonds is 5. The van der Waals surface area contributed by atoms with E-state index < -0.39 is 0 Å². The van der Waals surface area contributed by atoms with Gasteiger partial charge in [0.15, 0.2) is 0 Å². The molecule has 0 bridgehead atoms. The smallest absolute Gasteiger partial charge is 0.122 e. The molecular formula is C17H27NO2. The Bertz CT molecular complexity index is 454. The number of hydrogen-bond acceptors (Lipinski definition) is 3. The molecule has 0 saturated carbocycles. The summed E-state index contributed by atoms with van der Waals surface area (Å²) in [5.41, 5.74) is 1.11. The van der Waals surface area contributed by atoms with Crippen molar-refractivity contribution in [2.24, 2.45) is 0 Å². The molecule has 1 aliphatic rings. The fourth-order valence-corrected chi connectivity index (χ4v) is 3.17. The number of para-hydroxylation sites is 1. The average Bonchev–Trinajstić information content (AvgIpc) is 2.57. The first-order valence-electron chi connectivity index (χ1n) is 7.39. The second-order valence-electron chi connectivity index (χ2n) is 6.74. The number of benzene rings is 1. The van der Waals surface area contributed by atoms with Crippen LogP contribution in [0.15, 0.2) is 24.3 Å². The Morgan fingerprint density at radius 1 is 1.25 bits per heavy atom. The third-order valence-electron chi connectivity index (χ3n) is 4.05. The quantitative estimate of drug-likeness (QED) is 0.896. The fourth-order valence-electron chi connectivity index (χ4n) is 3.17. The highest BCUT2D eigenvalue weighted by molar-refractivity contribution is 5.33. The zero-order valence-corrected chi connectivity index (χ0v) is 13.3. The van der Waals surface area contributed by atoms with Crippen molar-refractivity contribution in [1.82, 2.24) is 5.32 Å². The minimum atomic E-state index is -0.107. The van der Waals surface area contributed by atoms with Gasteiger partial charge < -0.3 is 14.8 Å². The molecule has 1 N–H and O–H groups in total. The van der Waals surface area contributed by atoms with Crippen molar-refractivity contribution in [2.45, 2.75) is 57.8 Å². The highest BCUT2D eigenvalue weighted by atomic mass is 16.5. The molecule has 1 aromatic carbocycles. The molecule has 0 spiro atoms. The van der Waals surface area contributed by atoms with Gasteiger partial charge in [-0.2, -0.15) is 0 Å². The van der Waals surface area contributed by atoms with Crippen molar-refractivity contribution in [2.75, 3.05) is 13.7 Å². The Hall–Kier alpha value is -1.06. The maximum Gasteiger partial charge on any atom is 0.122 e. The SMILES string of the molecule is COc1ccccc1CCNC1CC(C)(C)OC1(C)C. The second kappa shape index (κ2) is 5.74. The maximum absolute atomic E-state index is 6.11. The average molecular weight is 277 g/mol. The van der Waals surface area contributed by atoms with Gasteiger partial charge in [-0.3, -0.25) is 0 Å². The van der Waals surface area contributed by atoms with Crippen LogP contribution in [0, 0.1) is 0 Å². The van der Waals surface area contributed by atoms with Gasteiger partial charge in [0.2, 0.25) is 0 Å². The van der Waals surface area contributed by atoms with E-state index in [1.807, 2.05) is 12.1 Å². The van der Waals surface area contributed by atoms with E-state index in [0.717, 1.165) is 25.1 Å². The summed E-state index contributed by atoms with van der Waals surface area (Å²) >= 11 is 0. The van der Waals surface area contributed by atoms with Gasteiger partial charge in [-0.05, 0) is 58.7 Å². The van der Waals surface area contributed by atoms with Crippen LogP contribution in [0.2, 0.25) is 0 Å². The fraction of sp³-hybridized carbons (Fsp3) is 0.647. The van der Waals surface area contributed by atoms with Crippen molar-refractivity contribution < 1.29 is 9.47 Å². The highest BCUT2D eigenvalue weighted by Crippen LogP contribution is 2.37. The minimum Gasteiger partial charge on any atom is -0.496 e. The molecule has 0 amide bonds. The molecule has 20 heavy (non-hydrogen) atoms. The second-order valence-corrected chi connectivity index (χ2v) is 6.74. The van der Waals surface area contributed by atoms with E-state index in [-0.39, 0.29) is 11.2 Å². The Morgan fingerprint density at radius 3 is 2.55 bits per heavy atom. The molecule has 0 aliphatic carbocycles.